The number of aliphatic hydroxyl groups excluding tert-OH is 1. The fourth-order valence-electron chi connectivity index (χ4n) is 3.51. The van der Waals surface area contributed by atoms with Crippen molar-refractivity contribution in [1.82, 2.24) is 15.0 Å². The Kier molecular flexibility index (Phi) is 5.09. The van der Waals surface area contributed by atoms with Gasteiger partial charge in [0.15, 0.2) is 0 Å². The second-order valence-corrected chi connectivity index (χ2v) is 7.05. The molecule has 2 aromatic heterocycles. The number of pyridine rings is 1. The summed E-state index contributed by atoms with van der Waals surface area (Å²) in [5.74, 6) is 2.30. The van der Waals surface area contributed by atoms with Gasteiger partial charge in [-0.2, -0.15) is 0 Å². The van der Waals surface area contributed by atoms with Crippen LogP contribution in [0.3, 0.4) is 0 Å². The van der Waals surface area contributed by atoms with E-state index in [2.05, 4.69) is 19.9 Å². The number of ether oxygens (including phenoxy) is 1. The average Bonchev–Trinajstić information content (AvgIpc) is 3.15. The molecule has 7 heteroatoms. The van der Waals surface area contributed by atoms with Gasteiger partial charge in [0.05, 0.1) is 18.2 Å². The van der Waals surface area contributed by atoms with Crippen LogP contribution in [-0.2, 0) is 6.61 Å². The van der Waals surface area contributed by atoms with Crippen molar-refractivity contribution < 1.29 is 9.84 Å². The minimum atomic E-state index is 0.117. The molecular weight excluding hydrogens is 364 g/mol. The third kappa shape index (κ3) is 3.68. The molecule has 3 heterocycles. The third-order valence-electron chi connectivity index (χ3n) is 4.85. The van der Waals surface area contributed by atoms with Gasteiger partial charge in [0.1, 0.15) is 29.2 Å². The molecule has 140 valence electrons. The van der Waals surface area contributed by atoms with Gasteiger partial charge >= 0.3 is 0 Å². The fourth-order valence-corrected chi connectivity index (χ4v) is 3.68. The van der Waals surface area contributed by atoms with Gasteiger partial charge in [-0.15, -0.1) is 0 Å². The molecule has 1 atom stereocenters. The molecule has 1 aliphatic heterocycles. The van der Waals surface area contributed by atoms with Gasteiger partial charge in [-0.25, -0.2) is 15.0 Å². The van der Waals surface area contributed by atoms with Gasteiger partial charge < -0.3 is 14.7 Å². The molecule has 1 aromatic carbocycles. The van der Waals surface area contributed by atoms with Crippen LogP contribution < -0.4 is 9.64 Å². The first-order valence-corrected chi connectivity index (χ1v) is 9.41. The number of aryl methyl sites for hydroxylation is 1. The first kappa shape index (κ1) is 17.9. The number of anilines is 1. The van der Waals surface area contributed by atoms with Crippen LogP contribution in [0.1, 0.15) is 24.2 Å². The van der Waals surface area contributed by atoms with Crippen LogP contribution in [0.25, 0.3) is 10.9 Å². The molecule has 27 heavy (non-hydrogen) atoms. The lowest BCUT2D eigenvalue weighted by Gasteiger charge is -2.25. The summed E-state index contributed by atoms with van der Waals surface area (Å²) in [5, 5.41) is 11.1. The van der Waals surface area contributed by atoms with Gasteiger partial charge in [-0.1, -0.05) is 17.7 Å². The van der Waals surface area contributed by atoms with Crippen molar-refractivity contribution in [2.45, 2.75) is 32.4 Å². The predicted octanol–water partition coefficient (Wildman–Crippen LogP) is 3.53. The van der Waals surface area contributed by atoms with E-state index < -0.39 is 0 Å². The van der Waals surface area contributed by atoms with E-state index in [0.29, 0.717) is 23.3 Å². The molecule has 0 radical (unpaired) electrons. The Morgan fingerprint density at radius 1 is 1.30 bits per heavy atom. The second kappa shape index (κ2) is 7.66. The zero-order valence-corrected chi connectivity index (χ0v) is 15.9. The second-order valence-electron chi connectivity index (χ2n) is 6.69. The Hall–Kier alpha value is -2.44. The predicted molar refractivity (Wildman–Crippen MR) is 105 cm³/mol. The van der Waals surface area contributed by atoms with Crippen LogP contribution >= 0.6 is 11.6 Å². The summed E-state index contributed by atoms with van der Waals surface area (Å²) in [5.41, 5.74) is 1.66. The molecular formula is C20H21ClN4O2. The maximum atomic E-state index is 9.66. The van der Waals surface area contributed by atoms with Crippen LogP contribution in [0.5, 0.6) is 5.75 Å². The van der Waals surface area contributed by atoms with E-state index >= 15 is 0 Å². The summed E-state index contributed by atoms with van der Waals surface area (Å²) >= 11 is 6.09. The average molecular weight is 385 g/mol. The van der Waals surface area contributed by atoms with Crippen molar-refractivity contribution in [2.24, 2.45) is 0 Å². The SMILES string of the molecule is Cc1nc(N2CCCC2CO)c2ccc(OCc3cccnc3Cl)cc2n1. The van der Waals surface area contributed by atoms with Crippen molar-refractivity contribution in [3.05, 3.63) is 53.1 Å². The number of rotatable bonds is 5. The fraction of sp³-hybridized carbons (Fsp3) is 0.350. The van der Waals surface area contributed by atoms with E-state index in [-0.39, 0.29) is 12.6 Å². The van der Waals surface area contributed by atoms with Crippen molar-refractivity contribution in [3.63, 3.8) is 0 Å². The number of fused-ring (bicyclic) bond motifs is 1. The highest BCUT2D eigenvalue weighted by Crippen LogP contribution is 2.32. The molecule has 0 saturated carbocycles. The molecule has 6 nitrogen and oxygen atoms in total. The lowest BCUT2D eigenvalue weighted by molar-refractivity contribution is 0.266. The van der Waals surface area contributed by atoms with Crippen LogP contribution in [0.4, 0.5) is 5.82 Å². The normalized spacial score (nSPS) is 16.9. The Labute approximate surface area is 162 Å². The number of aromatic nitrogens is 3. The number of halogens is 1. The summed E-state index contributed by atoms with van der Waals surface area (Å²) in [6.45, 7) is 3.26. The Balaban J connectivity index is 1.64. The molecule has 1 saturated heterocycles. The number of hydrogen-bond donors (Lipinski definition) is 1. The summed E-state index contributed by atoms with van der Waals surface area (Å²) in [6.07, 6.45) is 3.69. The van der Waals surface area contributed by atoms with E-state index in [4.69, 9.17) is 16.3 Å². The molecule has 0 aliphatic carbocycles. The minimum absolute atomic E-state index is 0.117. The molecule has 1 aliphatic rings. The quantitative estimate of drug-likeness (QED) is 0.678. The molecule has 1 unspecified atom stereocenters. The van der Waals surface area contributed by atoms with Crippen molar-refractivity contribution in [1.29, 1.82) is 0 Å². The van der Waals surface area contributed by atoms with E-state index in [1.54, 1.807) is 6.20 Å². The number of nitrogens with zero attached hydrogens (tertiary/aromatic N) is 4. The Morgan fingerprint density at radius 3 is 3.00 bits per heavy atom. The molecule has 3 aromatic rings. The number of aliphatic hydroxyl groups is 1. The zero-order valence-electron chi connectivity index (χ0n) is 15.1. The molecule has 1 N–H and O–H groups in total. The standard InChI is InChI=1S/C20H21ClN4O2/c1-13-23-18-10-16(27-12-14-4-2-8-22-19(14)21)6-7-17(18)20(24-13)25-9-3-5-15(25)11-26/h2,4,6-8,10,15,26H,3,5,9,11-12H2,1H3. The highest BCUT2D eigenvalue weighted by molar-refractivity contribution is 6.30. The van der Waals surface area contributed by atoms with E-state index in [1.165, 1.54) is 0 Å². The first-order chi connectivity index (χ1) is 13.2. The smallest absolute Gasteiger partial charge is 0.140 e. The van der Waals surface area contributed by atoms with Crippen molar-refractivity contribution >= 4 is 28.3 Å². The van der Waals surface area contributed by atoms with Crippen molar-refractivity contribution in [3.8, 4) is 5.75 Å². The van der Waals surface area contributed by atoms with Gasteiger partial charge in [-0.05, 0) is 38.0 Å². The lowest BCUT2D eigenvalue weighted by atomic mass is 10.2. The van der Waals surface area contributed by atoms with Gasteiger partial charge in [0.2, 0.25) is 0 Å². The molecule has 1 fully saturated rings. The largest absolute Gasteiger partial charge is 0.489 e. The van der Waals surface area contributed by atoms with Gasteiger partial charge in [0.25, 0.3) is 0 Å². The zero-order chi connectivity index (χ0) is 18.8. The van der Waals surface area contributed by atoms with E-state index in [1.807, 2.05) is 37.3 Å². The van der Waals surface area contributed by atoms with Crippen LogP contribution in [0.2, 0.25) is 5.15 Å². The summed E-state index contributed by atoms with van der Waals surface area (Å²) in [6, 6.07) is 9.66. The van der Waals surface area contributed by atoms with Crippen LogP contribution in [0.15, 0.2) is 36.5 Å². The highest BCUT2D eigenvalue weighted by Gasteiger charge is 2.26. The molecule has 0 bridgehead atoms. The summed E-state index contributed by atoms with van der Waals surface area (Å²) in [4.78, 5) is 15.5. The molecule has 0 spiro atoms. The maximum Gasteiger partial charge on any atom is 0.140 e. The van der Waals surface area contributed by atoms with Crippen molar-refractivity contribution in [2.75, 3.05) is 18.1 Å². The topological polar surface area (TPSA) is 71.4 Å². The van der Waals surface area contributed by atoms with E-state index in [9.17, 15) is 5.11 Å². The van der Waals surface area contributed by atoms with Gasteiger partial charge in [-0.3, -0.25) is 0 Å². The summed E-state index contributed by atoms with van der Waals surface area (Å²) < 4.78 is 5.89. The monoisotopic (exact) mass is 384 g/mol. The maximum absolute atomic E-state index is 9.66. The molecule has 4 rings (SSSR count). The Morgan fingerprint density at radius 2 is 2.19 bits per heavy atom. The van der Waals surface area contributed by atoms with Crippen LogP contribution in [0, 0.1) is 6.92 Å². The minimum Gasteiger partial charge on any atom is -0.489 e. The number of benzene rings is 1. The summed E-state index contributed by atoms with van der Waals surface area (Å²) in [7, 11) is 0. The van der Waals surface area contributed by atoms with E-state index in [0.717, 1.165) is 41.7 Å². The van der Waals surface area contributed by atoms with Crippen LogP contribution in [-0.4, -0.2) is 39.3 Å². The number of hydrogen-bond acceptors (Lipinski definition) is 6. The van der Waals surface area contributed by atoms with Gasteiger partial charge in [0, 0.05) is 29.8 Å². The molecule has 0 amide bonds. The lowest BCUT2D eigenvalue weighted by Crippen LogP contribution is -2.33. The highest BCUT2D eigenvalue weighted by atomic mass is 35.5. The first-order valence-electron chi connectivity index (χ1n) is 9.04. The third-order valence-corrected chi connectivity index (χ3v) is 5.19. The Bertz CT molecular complexity index is 966.